The molecule has 0 atom stereocenters. The molecule has 0 radical (unpaired) electrons. The van der Waals surface area contributed by atoms with Gasteiger partial charge in [-0.05, 0) is 49.9 Å². The molecule has 0 unspecified atom stereocenters. The Balaban J connectivity index is 1.29. The molecule has 9 heteroatoms. The number of nitrogens with one attached hydrogen (secondary N) is 1. The zero-order valence-corrected chi connectivity index (χ0v) is 20.0. The van der Waals surface area contributed by atoms with Gasteiger partial charge in [0.15, 0.2) is 5.82 Å². The zero-order valence-electron chi connectivity index (χ0n) is 20.0. The van der Waals surface area contributed by atoms with Gasteiger partial charge in [0.25, 0.3) is 0 Å². The van der Waals surface area contributed by atoms with E-state index in [0.717, 1.165) is 48.0 Å². The average Bonchev–Trinajstić information content (AvgIpc) is 3.33. The molecular formula is C26H29N7O2. The number of rotatable bonds is 7. The van der Waals surface area contributed by atoms with Gasteiger partial charge in [0.1, 0.15) is 12.4 Å². The first-order valence-electron chi connectivity index (χ1n) is 11.9. The largest absolute Gasteiger partial charge is 0.487 e. The molecule has 1 aromatic carbocycles. The second kappa shape index (κ2) is 10.1. The van der Waals surface area contributed by atoms with Crippen LogP contribution < -0.4 is 10.1 Å². The summed E-state index contributed by atoms with van der Waals surface area (Å²) in [6.45, 7) is 0.384. The van der Waals surface area contributed by atoms with Gasteiger partial charge in [0.2, 0.25) is 11.9 Å². The smallest absolute Gasteiger partial charge is 0.225 e. The Bertz CT molecular complexity index is 1300. The summed E-state index contributed by atoms with van der Waals surface area (Å²) in [6.07, 6.45) is 8.87. The normalized spacial score (nSPS) is 17.8. The third-order valence-electron chi connectivity index (χ3n) is 6.38. The molecule has 9 nitrogen and oxygen atoms in total. The number of benzene rings is 1. The van der Waals surface area contributed by atoms with Gasteiger partial charge in [-0.25, -0.2) is 9.67 Å². The molecule has 1 fully saturated rings. The highest BCUT2D eigenvalue weighted by Crippen LogP contribution is 2.29. The Kier molecular flexibility index (Phi) is 6.56. The molecular weight excluding hydrogens is 442 g/mol. The van der Waals surface area contributed by atoms with Crippen molar-refractivity contribution in [2.45, 2.75) is 38.3 Å². The number of carbonyl (C=O) groups is 1. The second-order valence-electron chi connectivity index (χ2n) is 9.02. The van der Waals surface area contributed by atoms with Gasteiger partial charge in [0, 0.05) is 44.5 Å². The van der Waals surface area contributed by atoms with E-state index < -0.39 is 0 Å². The standard InChI is InChI=1S/C26H29N7O2/c1-32(2)25(34)18-9-11-19(12-10-18)30-26-28-15-13-24(31-26)33-22-7-5-8-23(21(22)16-29-33)35-17-20-6-3-4-14-27-20/h3-8,13-16,18-19H,9-12,17H2,1-2H3,(H,28,30,31)/t18-,19-. The predicted octanol–water partition coefficient (Wildman–Crippen LogP) is 3.85. The van der Waals surface area contributed by atoms with Crippen molar-refractivity contribution >= 4 is 22.8 Å². The Hall–Kier alpha value is -4.01. The zero-order chi connectivity index (χ0) is 24.2. The fraction of sp³-hybridized carbons (Fsp3) is 0.346. The number of anilines is 1. The molecule has 1 aliphatic carbocycles. The van der Waals surface area contributed by atoms with Gasteiger partial charge in [-0.1, -0.05) is 12.1 Å². The molecule has 0 aliphatic heterocycles. The van der Waals surface area contributed by atoms with E-state index in [1.807, 2.05) is 56.6 Å². The van der Waals surface area contributed by atoms with Crippen molar-refractivity contribution in [3.63, 3.8) is 0 Å². The van der Waals surface area contributed by atoms with Gasteiger partial charge < -0.3 is 15.0 Å². The number of hydrogen-bond acceptors (Lipinski definition) is 7. The molecule has 35 heavy (non-hydrogen) atoms. The molecule has 1 amide bonds. The second-order valence-corrected chi connectivity index (χ2v) is 9.02. The minimum Gasteiger partial charge on any atom is -0.487 e. The number of carbonyl (C=O) groups excluding carboxylic acids is 1. The third kappa shape index (κ3) is 5.08. The van der Waals surface area contributed by atoms with Gasteiger partial charge in [-0.3, -0.25) is 9.78 Å². The van der Waals surface area contributed by atoms with Crippen LogP contribution in [0.15, 0.2) is 61.1 Å². The van der Waals surface area contributed by atoms with Gasteiger partial charge in [-0.2, -0.15) is 10.1 Å². The molecule has 180 valence electrons. The number of aromatic nitrogens is 5. The van der Waals surface area contributed by atoms with Gasteiger partial charge in [-0.15, -0.1) is 0 Å². The first-order chi connectivity index (χ1) is 17.1. The summed E-state index contributed by atoms with van der Waals surface area (Å²) in [5.74, 6) is 2.32. The van der Waals surface area contributed by atoms with E-state index >= 15 is 0 Å². The third-order valence-corrected chi connectivity index (χ3v) is 6.38. The van der Waals surface area contributed by atoms with Crippen LogP contribution in [-0.2, 0) is 11.4 Å². The van der Waals surface area contributed by atoms with E-state index in [-0.39, 0.29) is 17.9 Å². The van der Waals surface area contributed by atoms with Crippen LogP contribution in [0, 0.1) is 5.92 Å². The van der Waals surface area contributed by atoms with Crippen LogP contribution >= 0.6 is 0 Å². The monoisotopic (exact) mass is 471 g/mol. The summed E-state index contributed by atoms with van der Waals surface area (Å²) in [4.78, 5) is 27.4. The van der Waals surface area contributed by atoms with Crippen molar-refractivity contribution in [1.82, 2.24) is 29.6 Å². The summed E-state index contributed by atoms with van der Waals surface area (Å²) in [5, 5.41) is 8.93. The number of hydrogen-bond donors (Lipinski definition) is 1. The quantitative estimate of drug-likeness (QED) is 0.437. The Labute approximate surface area is 204 Å². The fourth-order valence-corrected chi connectivity index (χ4v) is 4.54. The van der Waals surface area contributed by atoms with Crippen LogP contribution in [0.2, 0.25) is 0 Å². The highest BCUT2D eigenvalue weighted by molar-refractivity contribution is 5.86. The summed E-state index contributed by atoms with van der Waals surface area (Å²) in [5.41, 5.74) is 1.76. The lowest BCUT2D eigenvalue weighted by Gasteiger charge is -2.29. The number of pyridine rings is 1. The van der Waals surface area contributed by atoms with Crippen LogP contribution in [0.3, 0.4) is 0 Å². The number of nitrogens with zero attached hydrogens (tertiary/aromatic N) is 6. The van der Waals surface area contributed by atoms with Crippen LogP contribution in [0.25, 0.3) is 16.7 Å². The molecule has 0 bridgehead atoms. The minimum absolute atomic E-state index is 0.111. The summed E-state index contributed by atoms with van der Waals surface area (Å²) < 4.78 is 7.83. The van der Waals surface area contributed by atoms with E-state index in [2.05, 4.69) is 20.4 Å². The van der Waals surface area contributed by atoms with Gasteiger partial charge >= 0.3 is 0 Å². The van der Waals surface area contributed by atoms with Crippen LogP contribution in [0.1, 0.15) is 31.4 Å². The maximum atomic E-state index is 12.2. The first-order valence-corrected chi connectivity index (χ1v) is 11.9. The Morgan fingerprint density at radius 2 is 1.91 bits per heavy atom. The summed E-state index contributed by atoms with van der Waals surface area (Å²) in [6, 6.07) is 13.7. The first kappa shape index (κ1) is 22.8. The van der Waals surface area contributed by atoms with E-state index in [0.29, 0.717) is 18.4 Å². The molecule has 4 aromatic rings. The van der Waals surface area contributed by atoms with Crippen molar-refractivity contribution in [3.05, 3.63) is 66.7 Å². The van der Waals surface area contributed by atoms with Crippen molar-refractivity contribution < 1.29 is 9.53 Å². The number of ether oxygens (including phenoxy) is 1. The lowest BCUT2D eigenvalue weighted by atomic mass is 9.85. The Morgan fingerprint density at radius 1 is 1.06 bits per heavy atom. The SMILES string of the molecule is CN(C)C(=O)[C@H]1CC[C@H](Nc2nccc(-n3ncc4c(OCc5ccccn5)cccc43)n2)CC1. The van der Waals surface area contributed by atoms with Crippen molar-refractivity contribution in [1.29, 1.82) is 0 Å². The average molecular weight is 472 g/mol. The maximum absolute atomic E-state index is 12.2. The van der Waals surface area contributed by atoms with Crippen LogP contribution in [0.5, 0.6) is 5.75 Å². The number of fused-ring (bicyclic) bond motifs is 1. The highest BCUT2D eigenvalue weighted by Gasteiger charge is 2.27. The van der Waals surface area contributed by atoms with Gasteiger partial charge in [0.05, 0.1) is 22.8 Å². The minimum atomic E-state index is 0.111. The highest BCUT2D eigenvalue weighted by atomic mass is 16.5. The van der Waals surface area contributed by atoms with Crippen molar-refractivity contribution in [2.24, 2.45) is 5.92 Å². The predicted molar refractivity (Wildman–Crippen MR) is 133 cm³/mol. The molecule has 5 rings (SSSR count). The number of amides is 1. The van der Waals surface area contributed by atoms with Crippen LogP contribution in [0.4, 0.5) is 5.95 Å². The molecule has 0 spiro atoms. The topological polar surface area (TPSA) is 98.1 Å². The molecule has 1 N–H and O–H groups in total. The molecule has 1 saturated carbocycles. The molecule has 1 aliphatic rings. The van der Waals surface area contributed by atoms with E-state index in [1.165, 1.54) is 0 Å². The lowest BCUT2D eigenvalue weighted by Crippen LogP contribution is -2.35. The van der Waals surface area contributed by atoms with E-state index in [1.54, 1.807) is 28.2 Å². The fourth-order valence-electron chi connectivity index (χ4n) is 4.54. The Morgan fingerprint density at radius 3 is 2.69 bits per heavy atom. The van der Waals surface area contributed by atoms with E-state index in [4.69, 9.17) is 9.72 Å². The lowest BCUT2D eigenvalue weighted by molar-refractivity contribution is -0.133. The van der Waals surface area contributed by atoms with Crippen molar-refractivity contribution in [2.75, 3.05) is 19.4 Å². The van der Waals surface area contributed by atoms with E-state index in [9.17, 15) is 4.79 Å². The van der Waals surface area contributed by atoms with Crippen molar-refractivity contribution in [3.8, 4) is 11.6 Å². The summed E-state index contributed by atoms with van der Waals surface area (Å²) in [7, 11) is 3.64. The van der Waals surface area contributed by atoms with Crippen LogP contribution in [-0.4, -0.2) is 55.7 Å². The molecule has 3 aromatic heterocycles. The summed E-state index contributed by atoms with van der Waals surface area (Å²) >= 11 is 0. The molecule has 0 saturated heterocycles. The maximum Gasteiger partial charge on any atom is 0.225 e. The molecule has 3 heterocycles.